The molecule has 6 rings (SSSR count). The van der Waals surface area contributed by atoms with Crippen LogP contribution in [0.25, 0.3) is 16.6 Å². The molecule has 6 aromatic rings. The number of aryl methyl sites for hydroxylation is 1. The standard InChI is InChI=1S/C15H18Cl2N2O3.C12H12ClN5O4S.C11H8ClNO3/c1-8(2)21-12-7-11(9(16)6-10(12)17)19-14(20)22-13(18-19)15(3,4)5;1-7-14-10(17-12(15-7)22-2)16-11(19)18-23(20,21)9-6-4-3-5-8(9)13;12-8-3-4-9(16-6-10(14)15)11-7(8)2-1-5-13-11/h6-8H,1-5H3;3-6H,1-2H3,(H2,14,15,16,17,18,19);1-5H,6H2,(H,14,15). The van der Waals surface area contributed by atoms with E-state index < -0.39 is 34.4 Å². The van der Waals surface area contributed by atoms with Crippen molar-refractivity contribution in [3.63, 3.8) is 0 Å². The Morgan fingerprint density at radius 2 is 1.62 bits per heavy atom. The molecule has 0 atom stereocenters. The second-order valence-electron chi connectivity index (χ2n) is 13.5. The van der Waals surface area contributed by atoms with Crippen LogP contribution in [-0.4, -0.2) is 75.1 Å². The van der Waals surface area contributed by atoms with Gasteiger partial charge in [0.2, 0.25) is 11.8 Å². The lowest BCUT2D eigenvalue weighted by molar-refractivity contribution is -0.139. The topological polar surface area (TPSA) is 240 Å². The van der Waals surface area contributed by atoms with Gasteiger partial charge in [-0.05, 0) is 63.2 Å². The number of amides is 2. The van der Waals surface area contributed by atoms with E-state index in [2.05, 4.69) is 30.4 Å². The van der Waals surface area contributed by atoms with Gasteiger partial charge in [-0.1, -0.05) is 79.3 Å². The summed E-state index contributed by atoms with van der Waals surface area (Å²) in [4.78, 5) is 49.7. The van der Waals surface area contributed by atoms with Crippen LogP contribution in [0.5, 0.6) is 17.5 Å². The van der Waals surface area contributed by atoms with Crippen LogP contribution in [0.1, 0.15) is 46.3 Å². The molecule has 3 aromatic carbocycles. The van der Waals surface area contributed by atoms with Gasteiger partial charge in [-0.3, -0.25) is 10.3 Å². The third kappa shape index (κ3) is 13.4. The molecule has 0 fully saturated rings. The maximum absolute atomic E-state index is 12.1. The number of aliphatic carboxylic acids is 1. The number of hydrogen-bond acceptors (Lipinski definition) is 14. The number of carbonyl (C=O) groups excluding carboxylic acids is 1. The Morgan fingerprint density at radius 1 is 0.918 bits per heavy atom. The number of carboxylic acid groups (broad SMARTS) is 1. The molecule has 0 saturated heterocycles. The first-order valence-electron chi connectivity index (χ1n) is 17.6. The minimum Gasteiger partial charge on any atom is -0.489 e. The number of benzene rings is 3. The van der Waals surface area contributed by atoms with Gasteiger partial charge in [0.15, 0.2) is 6.61 Å². The van der Waals surface area contributed by atoms with E-state index in [1.807, 2.05) is 39.3 Å². The second kappa shape index (κ2) is 20.7. The molecule has 0 radical (unpaired) electrons. The molecule has 3 N–H and O–H groups in total. The number of anilines is 1. The zero-order valence-electron chi connectivity index (χ0n) is 33.4. The number of aromatic nitrogens is 6. The van der Waals surface area contributed by atoms with E-state index in [9.17, 15) is 22.8 Å². The lowest BCUT2D eigenvalue weighted by Crippen LogP contribution is -2.35. The summed E-state index contributed by atoms with van der Waals surface area (Å²) < 4.78 is 47.9. The molecule has 2 amide bonds. The molecular formula is C38H38Cl4N8O10S. The summed E-state index contributed by atoms with van der Waals surface area (Å²) in [7, 11) is -2.78. The molecule has 3 heterocycles. The predicted octanol–water partition coefficient (Wildman–Crippen LogP) is 7.92. The fourth-order valence-corrected chi connectivity index (χ4v) is 6.85. The van der Waals surface area contributed by atoms with Crippen LogP contribution < -0.4 is 30.0 Å². The van der Waals surface area contributed by atoms with Crippen LogP contribution in [0.15, 0.2) is 81.0 Å². The Balaban J connectivity index is 0.000000205. The van der Waals surface area contributed by atoms with Gasteiger partial charge in [0.1, 0.15) is 27.7 Å². The largest absolute Gasteiger partial charge is 0.489 e. The molecule has 0 aliphatic rings. The summed E-state index contributed by atoms with van der Waals surface area (Å²) >= 11 is 24.1. The quantitative estimate of drug-likeness (QED) is 0.118. The number of urea groups is 1. The van der Waals surface area contributed by atoms with Gasteiger partial charge in [0.05, 0.1) is 39.0 Å². The number of carbonyl (C=O) groups is 2. The van der Waals surface area contributed by atoms with Gasteiger partial charge in [0, 0.05) is 23.1 Å². The fourth-order valence-electron chi connectivity index (χ4n) is 4.70. The molecule has 0 bridgehead atoms. The highest BCUT2D eigenvalue weighted by molar-refractivity contribution is 7.90. The molecule has 61 heavy (non-hydrogen) atoms. The van der Waals surface area contributed by atoms with Crippen LogP contribution in [0.2, 0.25) is 20.1 Å². The molecule has 23 heteroatoms. The van der Waals surface area contributed by atoms with E-state index in [0.29, 0.717) is 44.5 Å². The number of nitrogens with zero attached hydrogens (tertiary/aromatic N) is 6. The number of methoxy groups -OCH3 is 1. The van der Waals surface area contributed by atoms with Crippen molar-refractivity contribution in [2.75, 3.05) is 19.0 Å². The minimum absolute atomic E-state index is 0.00882. The van der Waals surface area contributed by atoms with E-state index in [4.69, 9.17) is 70.1 Å². The first kappa shape index (κ1) is 47.9. The number of halogens is 4. The van der Waals surface area contributed by atoms with Crippen molar-refractivity contribution in [3.05, 3.63) is 109 Å². The fraction of sp³-hybridized carbons (Fsp3) is 0.263. The molecule has 324 valence electrons. The maximum atomic E-state index is 12.1. The van der Waals surface area contributed by atoms with Crippen molar-refractivity contribution in [1.82, 2.24) is 34.4 Å². The van der Waals surface area contributed by atoms with Crippen molar-refractivity contribution in [2.24, 2.45) is 0 Å². The Labute approximate surface area is 369 Å². The Bertz CT molecular complexity index is 2710. The minimum atomic E-state index is -4.13. The summed E-state index contributed by atoms with van der Waals surface area (Å²) in [6.07, 6.45) is 1.54. The van der Waals surface area contributed by atoms with Gasteiger partial charge in [-0.2, -0.15) is 19.6 Å². The summed E-state index contributed by atoms with van der Waals surface area (Å²) in [6.45, 7) is 10.6. The molecule has 0 saturated carbocycles. The molecule has 0 spiro atoms. The lowest BCUT2D eigenvalue weighted by Gasteiger charge is -2.13. The highest BCUT2D eigenvalue weighted by Gasteiger charge is 2.25. The smallest absolute Gasteiger partial charge is 0.442 e. The number of fused-ring (bicyclic) bond motifs is 1. The van der Waals surface area contributed by atoms with Gasteiger partial charge < -0.3 is 23.7 Å². The van der Waals surface area contributed by atoms with Gasteiger partial charge in [-0.15, -0.1) is 5.10 Å². The number of pyridine rings is 1. The average molecular weight is 941 g/mol. The predicted molar refractivity (Wildman–Crippen MR) is 228 cm³/mol. The third-order valence-corrected chi connectivity index (χ3v) is 10.1. The normalized spacial score (nSPS) is 11.1. The highest BCUT2D eigenvalue weighted by atomic mass is 35.5. The van der Waals surface area contributed by atoms with Crippen molar-refractivity contribution >= 4 is 85.3 Å². The molecule has 0 unspecified atom stereocenters. The summed E-state index contributed by atoms with van der Waals surface area (Å²) in [5, 5.41) is 16.9. The second-order valence-corrected chi connectivity index (χ2v) is 16.8. The van der Waals surface area contributed by atoms with Crippen LogP contribution in [-0.2, 0) is 20.2 Å². The van der Waals surface area contributed by atoms with E-state index in [1.54, 1.807) is 49.5 Å². The summed E-state index contributed by atoms with van der Waals surface area (Å²) in [5.74, 6) is -0.313. The van der Waals surface area contributed by atoms with Crippen LogP contribution in [0, 0.1) is 6.92 Å². The first-order valence-corrected chi connectivity index (χ1v) is 20.6. The summed E-state index contributed by atoms with van der Waals surface area (Å²) in [5.41, 5.74) is 0.544. The van der Waals surface area contributed by atoms with Gasteiger partial charge in [0.25, 0.3) is 10.0 Å². The Hall–Kier alpha value is -5.73. The Morgan fingerprint density at radius 3 is 2.25 bits per heavy atom. The Kier molecular flexibility index (Phi) is 16.3. The first-order chi connectivity index (χ1) is 28.6. The molecule has 18 nitrogen and oxygen atoms in total. The van der Waals surface area contributed by atoms with E-state index >= 15 is 0 Å². The van der Waals surface area contributed by atoms with Crippen LogP contribution in [0.3, 0.4) is 0 Å². The molecule has 0 aliphatic carbocycles. The number of carboxylic acids is 1. The van der Waals surface area contributed by atoms with Crippen molar-refractivity contribution < 1.29 is 41.7 Å². The maximum Gasteiger partial charge on any atom is 0.442 e. The van der Waals surface area contributed by atoms with Crippen molar-refractivity contribution in [3.8, 4) is 23.2 Å². The van der Waals surface area contributed by atoms with Gasteiger partial charge in [-0.25, -0.2) is 27.5 Å². The zero-order chi connectivity index (χ0) is 45.2. The number of nitrogens with one attached hydrogen (secondary N) is 2. The van der Waals surface area contributed by atoms with E-state index in [1.165, 1.54) is 31.4 Å². The molecular weight excluding hydrogens is 902 g/mol. The third-order valence-electron chi connectivity index (χ3n) is 7.30. The van der Waals surface area contributed by atoms with Crippen molar-refractivity contribution in [1.29, 1.82) is 0 Å². The lowest BCUT2D eigenvalue weighted by atomic mass is 9.97. The number of rotatable bonds is 10. The zero-order valence-corrected chi connectivity index (χ0v) is 37.2. The monoisotopic (exact) mass is 938 g/mol. The highest BCUT2D eigenvalue weighted by Crippen LogP contribution is 2.34. The van der Waals surface area contributed by atoms with Crippen LogP contribution in [0.4, 0.5) is 10.7 Å². The molecule has 3 aromatic heterocycles. The number of sulfonamides is 1. The van der Waals surface area contributed by atoms with Gasteiger partial charge >= 0.3 is 23.8 Å². The number of hydrogen-bond donors (Lipinski definition) is 3. The van der Waals surface area contributed by atoms with Crippen LogP contribution >= 0.6 is 46.4 Å². The van der Waals surface area contributed by atoms with Crippen molar-refractivity contribution in [2.45, 2.75) is 58.0 Å². The summed E-state index contributed by atoms with van der Waals surface area (Å²) in [6, 6.07) is 14.6. The SMILES string of the molecule is CC(C)Oc1cc(-n2nc(C(C)(C)C)oc2=O)c(Cl)cc1Cl.COc1nc(C)nc(NC(=O)NS(=O)(=O)c2ccccc2Cl)n1.O=C(O)COc1ccc(Cl)c2cccnc12. The van der Waals surface area contributed by atoms with E-state index in [-0.39, 0.29) is 38.4 Å². The molecule has 0 aliphatic heterocycles. The van der Waals surface area contributed by atoms with E-state index in [0.717, 1.165) is 10.1 Å². The average Bonchev–Trinajstić information content (AvgIpc) is 3.57. The number of ether oxygens (including phenoxy) is 3.